The molecule has 1 aliphatic rings. The highest BCUT2D eigenvalue weighted by Gasteiger charge is 2.19. The van der Waals surface area contributed by atoms with Gasteiger partial charge in [0.25, 0.3) is 0 Å². The van der Waals surface area contributed by atoms with Gasteiger partial charge in [0.15, 0.2) is 0 Å². The van der Waals surface area contributed by atoms with Crippen molar-refractivity contribution in [3.05, 3.63) is 59.4 Å². The quantitative estimate of drug-likeness (QED) is 0.939. The highest BCUT2D eigenvalue weighted by molar-refractivity contribution is 5.57. The van der Waals surface area contributed by atoms with Crippen LogP contribution in [0.2, 0.25) is 0 Å². The maximum atomic E-state index is 13.5. The number of hydrogen-bond donors (Lipinski definition) is 1. The molecular formula is C17H15FN2O. The van der Waals surface area contributed by atoms with Gasteiger partial charge in [0.05, 0.1) is 12.3 Å². The topological polar surface area (TPSA) is 45.0 Å². The summed E-state index contributed by atoms with van der Waals surface area (Å²) in [4.78, 5) is 0. The first-order chi connectivity index (χ1) is 10.3. The SMILES string of the molecule is N#Cc1c(F)cccc1NCC1COc2ccccc2C1. The van der Waals surface area contributed by atoms with Crippen LogP contribution in [-0.2, 0) is 6.42 Å². The monoisotopic (exact) mass is 282 g/mol. The van der Waals surface area contributed by atoms with E-state index in [1.807, 2.05) is 24.3 Å². The Morgan fingerprint density at radius 3 is 2.95 bits per heavy atom. The molecular weight excluding hydrogens is 267 g/mol. The predicted molar refractivity (Wildman–Crippen MR) is 78.7 cm³/mol. The van der Waals surface area contributed by atoms with Crippen LogP contribution in [0, 0.1) is 23.1 Å². The van der Waals surface area contributed by atoms with Crippen molar-refractivity contribution in [1.82, 2.24) is 0 Å². The van der Waals surface area contributed by atoms with Gasteiger partial charge < -0.3 is 10.1 Å². The molecule has 4 heteroatoms. The largest absolute Gasteiger partial charge is 0.493 e. The Hall–Kier alpha value is -2.54. The summed E-state index contributed by atoms with van der Waals surface area (Å²) in [5.74, 6) is 0.750. The molecule has 2 aromatic rings. The van der Waals surface area contributed by atoms with E-state index >= 15 is 0 Å². The molecule has 2 aromatic carbocycles. The molecule has 0 saturated heterocycles. The zero-order valence-electron chi connectivity index (χ0n) is 11.5. The van der Waals surface area contributed by atoms with Crippen molar-refractivity contribution >= 4 is 5.69 Å². The molecule has 0 bridgehead atoms. The van der Waals surface area contributed by atoms with E-state index in [-0.39, 0.29) is 5.56 Å². The summed E-state index contributed by atoms with van der Waals surface area (Å²) in [7, 11) is 0. The first kappa shape index (κ1) is 13.4. The second-order valence-electron chi connectivity index (χ2n) is 5.14. The Balaban J connectivity index is 1.68. The van der Waals surface area contributed by atoms with Crippen LogP contribution in [0.1, 0.15) is 11.1 Å². The molecule has 21 heavy (non-hydrogen) atoms. The molecule has 1 aliphatic heterocycles. The van der Waals surface area contributed by atoms with E-state index < -0.39 is 5.82 Å². The fraction of sp³-hybridized carbons (Fsp3) is 0.235. The molecule has 0 amide bonds. The lowest BCUT2D eigenvalue weighted by molar-refractivity contribution is 0.229. The average Bonchev–Trinajstić information content (AvgIpc) is 2.52. The minimum Gasteiger partial charge on any atom is -0.493 e. The van der Waals surface area contributed by atoms with E-state index in [0.29, 0.717) is 24.8 Å². The molecule has 1 N–H and O–H groups in total. The second kappa shape index (κ2) is 5.84. The van der Waals surface area contributed by atoms with Gasteiger partial charge in [-0.2, -0.15) is 5.26 Å². The number of anilines is 1. The number of ether oxygens (including phenoxy) is 1. The lowest BCUT2D eigenvalue weighted by Gasteiger charge is -2.25. The number of nitrogens with one attached hydrogen (secondary N) is 1. The third-order valence-corrected chi connectivity index (χ3v) is 3.66. The summed E-state index contributed by atoms with van der Waals surface area (Å²) >= 11 is 0. The van der Waals surface area contributed by atoms with Gasteiger partial charge in [-0.25, -0.2) is 4.39 Å². The molecule has 0 aliphatic carbocycles. The Labute approximate surface area is 123 Å². The number of para-hydroxylation sites is 1. The van der Waals surface area contributed by atoms with E-state index in [9.17, 15) is 4.39 Å². The lowest BCUT2D eigenvalue weighted by atomic mass is 9.96. The number of benzene rings is 2. The fourth-order valence-electron chi connectivity index (χ4n) is 2.56. The van der Waals surface area contributed by atoms with E-state index in [4.69, 9.17) is 10.00 Å². The van der Waals surface area contributed by atoms with Crippen molar-refractivity contribution in [2.75, 3.05) is 18.5 Å². The third-order valence-electron chi connectivity index (χ3n) is 3.66. The molecule has 1 atom stereocenters. The predicted octanol–water partition coefficient (Wildman–Crippen LogP) is 3.36. The summed E-state index contributed by atoms with van der Waals surface area (Å²) < 4.78 is 19.3. The van der Waals surface area contributed by atoms with E-state index in [1.54, 1.807) is 12.1 Å². The van der Waals surface area contributed by atoms with Gasteiger partial charge in [0.2, 0.25) is 0 Å². The molecule has 1 heterocycles. The standard InChI is InChI=1S/C17H15FN2O/c18-15-5-3-6-16(14(15)9-19)20-10-12-8-13-4-1-2-7-17(13)21-11-12/h1-7,12,20H,8,10-11H2. The van der Waals surface area contributed by atoms with Gasteiger partial charge in [0.1, 0.15) is 23.2 Å². The van der Waals surface area contributed by atoms with Gasteiger partial charge in [-0.3, -0.25) is 0 Å². The van der Waals surface area contributed by atoms with Crippen LogP contribution in [0.4, 0.5) is 10.1 Å². The van der Waals surface area contributed by atoms with Crippen molar-refractivity contribution in [3.8, 4) is 11.8 Å². The first-order valence-corrected chi connectivity index (χ1v) is 6.91. The van der Waals surface area contributed by atoms with E-state index in [0.717, 1.165) is 12.2 Å². The van der Waals surface area contributed by atoms with E-state index in [1.165, 1.54) is 11.6 Å². The van der Waals surface area contributed by atoms with Crippen LogP contribution in [0.3, 0.4) is 0 Å². The number of nitrogens with zero attached hydrogens (tertiary/aromatic N) is 1. The number of rotatable bonds is 3. The molecule has 1 unspecified atom stereocenters. The maximum absolute atomic E-state index is 13.5. The molecule has 0 fully saturated rings. The van der Waals surface area contributed by atoms with Crippen molar-refractivity contribution in [1.29, 1.82) is 5.26 Å². The smallest absolute Gasteiger partial charge is 0.143 e. The minimum absolute atomic E-state index is 0.0645. The molecule has 0 saturated carbocycles. The molecule has 0 aromatic heterocycles. The van der Waals surface area contributed by atoms with Crippen LogP contribution in [0.5, 0.6) is 5.75 Å². The summed E-state index contributed by atoms with van der Waals surface area (Å²) in [5, 5.41) is 12.2. The summed E-state index contributed by atoms with van der Waals surface area (Å²) in [6.45, 7) is 1.27. The van der Waals surface area contributed by atoms with Crippen LogP contribution >= 0.6 is 0 Å². The molecule has 3 nitrogen and oxygen atoms in total. The Bertz CT molecular complexity index is 693. The summed E-state index contributed by atoms with van der Waals surface area (Å²) in [6, 6.07) is 14.5. The number of nitriles is 1. The minimum atomic E-state index is -0.493. The van der Waals surface area contributed by atoms with Crippen molar-refractivity contribution < 1.29 is 9.13 Å². The van der Waals surface area contributed by atoms with Crippen molar-refractivity contribution in [3.63, 3.8) is 0 Å². The number of halogens is 1. The highest BCUT2D eigenvalue weighted by Crippen LogP contribution is 2.27. The summed E-state index contributed by atoms with van der Waals surface area (Å²) in [5.41, 5.74) is 1.79. The van der Waals surface area contributed by atoms with Gasteiger partial charge in [-0.1, -0.05) is 24.3 Å². The third kappa shape index (κ3) is 2.82. The summed E-state index contributed by atoms with van der Waals surface area (Å²) in [6.07, 6.45) is 0.917. The van der Waals surface area contributed by atoms with Crippen molar-refractivity contribution in [2.45, 2.75) is 6.42 Å². The van der Waals surface area contributed by atoms with Gasteiger partial charge >= 0.3 is 0 Å². The molecule has 106 valence electrons. The van der Waals surface area contributed by atoms with Crippen molar-refractivity contribution in [2.24, 2.45) is 5.92 Å². The van der Waals surface area contributed by atoms with Crippen LogP contribution < -0.4 is 10.1 Å². The van der Waals surface area contributed by atoms with Gasteiger partial charge in [0, 0.05) is 12.5 Å². The Morgan fingerprint density at radius 2 is 2.10 bits per heavy atom. The van der Waals surface area contributed by atoms with Gasteiger partial charge in [-0.15, -0.1) is 0 Å². The average molecular weight is 282 g/mol. The second-order valence-corrected chi connectivity index (χ2v) is 5.14. The molecule has 3 rings (SSSR count). The zero-order valence-corrected chi connectivity index (χ0v) is 11.5. The van der Waals surface area contributed by atoms with Crippen LogP contribution in [0.25, 0.3) is 0 Å². The van der Waals surface area contributed by atoms with Gasteiger partial charge in [-0.05, 0) is 30.2 Å². The fourth-order valence-corrected chi connectivity index (χ4v) is 2.56. The molecule has 0 spiro atoms. The number of hydrogen-bond acceptors (Lipinski definition) is 3. The Kier molecular flexibility index (Phi) is 3.74. The first-order valence-electron chi connectivity index (χ1n) is 6.91. The lowest BCUT2D eigenvalue weighted by Crippen LogP contribution is -2.27. The normalized spacial score (nSPS) is 16.5. The maximum Gasteiger partial charge on any atom is 0.143 e. The van der Waals surface area contributed by atoms with Crippen LogP contribution in [-0.4, -0.2) is 13.2 Å². The Morgan fingerprint density at radius 1 is 1.24 bits per heavy atom. The highest BCUT2D eigenvalue weighted by atomic mass is 19.1. The number of fused-ring (bicyclic) bond motifs is 1. The van der Waals surface area contributed by atoms with Crippen LogP contribution in [0.15, 0.2) is 42.5 Å². The molecule has 0 radical (unpaired) electrons. The zero-order chi connectivity index (χ0) is 14.7. The van der Waals surface area contributed by atoms with E-state index in [2.05, 4.69) is 11.4 Å².